The molecule has 4 aliphatic carbocycles. The van der Waals surface area contributed by atoms with Crippen LogP contribution in [0.2, 0.25) is 0 Å². The third-order valence-corrected chi connectivity index (χ3v) is 25.8. The number of pyridine rings is 4. The van der Waals surface area contributed by atoms with E-state index >= 15 is 0 Å². The SMILES string of the molecule is NC(=[NH2+])c1ccccc1.O=C1/C(=C/c2cccc(/C=C3\CCc4c(-c5ccccc5)cc(-c5ccccc5)nc4C3=O)c2)CCc2c(-c3ccccc3)cc(-c3ccccc3)nc21.[Cl-].c1ccc(C2=NC(c3cccc(C4N=C(c5ccccc5)NC5=C4CCc4c(-c6ccccc6)cc(-c6ccccc6)nc45)c3)C3=C(N2)c2nc(-c4ccccc4)cc(-c4ccccc4)c2CC3)cc1. The van der Waals surface area contributed by atoms with Crippen LogP contribution in [0.15, 0.2) is 439 Å². The molecule has 0 radical (unpaired) electrons. The van der Waals surface area contributed by atoms with Crippen LogP contribution in [-0.4, -0.2) is 49.0 Å². The van der Waals surface area contributed by atoms with Gasteiger partial charge in [0.1, 0.15) is 35.1 Å². The van der Waals surface area contributed by atoms with Crippen molar-refractivity contribution in [3.05, 3.63) is 513 Å². The van der Waals surface area contributed by atoms with Crippen LogP contribution >= 0.6 is 0 Å². The van der Waals surface area contributed by atoms with Gasteiger partial charge < -0.3 is 23.0 Å². The molecule has 0 amide bonds. The number of benzene rings is 13. The van der Waals surface area contributed by atoms with Crippen molar-refractivity contribution < 1.29 is 27.4 Å². The smallest absolute Gasteiger partial charge is 0.270 e. The summed E-state index contributed by atoms with van der Waals surface area (Å²) in [6.45, 7) is 0. The molecule has 6 aliphatic rings. The molecular formula is C121H93ClN10O2. The number of nitrogens with zero attached hydrogens (tertiary/aromatic N) is 6. The first-order valence-electron chi connectivity index (χ1n) is 45.6. The van der Waals surface area contributed by atoms with E-state index < -0.39 is 0 Å². The van der Waals surface area contributed by atoms with E-state index in [0.717, 1.165) is 201 Å². The molecule has 6 N–H and O–H groups in total. The number of amidine groups is 3. The number of hydrogen-bond acceptors (Lipinski definition) is 10. The minimum atomic E-state index is -0.245. The highest BCUT2D eigenvalue weighted by Gasteiger charge is 2.38. The van der Waals surface area contributed by atoms with Gasteiger partial charge in [-0.05, 0) is 206 Å². The average Bonchev–Trinajstić information content (AvgIpc) is 0.731. The fourth-order valence-electron chi connectivity index (χ4n) is 19.3. The standard InChI is InChI=1S/C64H48N6.C50H36N2O2.C7H8N2.ClH/c1-7-20-41(21-8-1)53-39-55(43-24-11-3-12-25-43)65-59-49(53)34-36-51-57(67-63(69-61(51)59)45-28-15-5-16-29-45)47-32-19-33-48(38-47)58-52-37-35-50-54(42-22-9-2-10-23-42)40-56(44-26-13-4-14-27-44)66-60(50)62(52)70-64(68-58)46-30-17-6-18-31-46;53-49-39(24-26-41-43(35-16-5-1-6-17-35)31-45(51-47(41)49)37-20-9-3-10-21-37)29-33-14-13-15-34(28-33)30-40-25-27-42-44(36-18-7-2-8-19-36)32-46(52-48(42)50(40)54)38-22-11-4-12-23-38;8-7(9)6-4-2-1-3-5-6;/h1-33,38-40,57-58H,34-37H2,(H,67,69)(H,68,70);1-23,28-32H,24-27H2;1-5H,(H3,8,9);1H/b;39-29+,40-30+;;. The number of halogens is 1. The van der Waals surface area contributed by atoms with Crippen molar-refractivity contribution in [2.75, 3.05) is 0 Å². The maximum Gasteiger partial charge on any atom is 0.270 e. The predicted octanol–water partition coefficient (Wildman–Crippen LogP) is 21.8. The van der Waals surface area contributed by atoms with Crippen molar-refractivity contribution in [1.82, 2.24) is 30.6 Å². The topological polar surface area (TPSA) is 186 Å². The fourth-order valence-corrected chi connectivity index (χ4v) is 19.3. The summed E-state index contributed by atoms with van der Waals surface area (Å²) < 4.78 is 0. The molecule has 646 valence electrons. The molecule has 4 aromatic heterocycles. The van der Waals surface area contributed by atoms with E-state index in [1.807, 2.05) is 158 Å². The van der Waals surface area contributed by atoms with E-state index in [1.54, 1.807) is 0 Å². The second-order valence-corrected chi connectivity index (χ2v) is 34.2. The molecule has 13 heteroatoms. The van der Waals surface area contributed by atoms with E-state index in [9.17, 15) is 9.59 Å². The number of aromatic nitrogens is 4. The molecule has 0 spiro atoms. The minimum Gasteiger partial charge on any atom is -1.00 e. The fraction of sp³-hybridized carbons (Fsp3) is 0.0826. The lowest BCUT2D eigenvalue weighted by molar-refractivity contribution is -0.114. The summed E-state index contributed by atoms with van der Waals surface area (Å²) in [5.74, 6) is 1.97. The van der Waals surface area contributed by atoms with Crippen LogP contribution in [0.5, 0.6) is 0 Å². The maximum absolute atomic E-state index is 14.2. The second-order valence-electron chi connectivity index (χ2n) is 34.2. The summed E-state index contributed by atoms with van der Waals surface area (Å²) in [6.07, 6.45) is 10.1. The van der Waals surface area contributed by atoms with Gasteiger partial charge in [-0.15, -0.1) is 0 Å². The number of ketones is 2. The number of aliphatic imine (C=N–C) groups is 2. The largest absolute Gasteiger partial charge is 1.00 e. The first-order valence-corrected chi connectivity index (χ1v) is 45.6. The molecule has 134 heavy (non-hydrogen) atoms. The summed E-state index contributed by atoms with van der Waals surface area (Å²) in [5.41, 5.74) is 42.7. The Morgan fingerprint density at radius 1 is 0.284 bits per heavy atom. The zero-order valence-corrected chi connectivity index (χ0v) is 74.4. The summed E-state index contributed by atoms with van der Waals surface area (Å²) in [6, 6.07) is 139. The second kappa shape index (κ2) is 38.6. The van der Waals surface area contributed by atoms with Gasteiger partial charge in [0.2, 0.25) is 11.6 Å². The average molecular weight is 1750 g/mol. The Morgan fingerprint density at radius 3 is 0.843 bits per heavy atom. The number of carbonyl (C=O) groups is 2. The van der Waals surface area contributed by atoms with Crippen molar-refractivity contribution in [2.45, 2.75) is 63.5 Å². The Balaban J connectivity index is 0.000000155. The van der Waals surface area contributed by atoms with E-state index in [0.29, 0.717) is 30.1 Å². The quantitative estimate of drug-likeness (QED) is 0.0440. The van der Waals surface area contributed by atoms with Gasteiger partial charge in [-0.3, -0.25) is 30.7 Å². The van der Waals surface area contributed by atoms with Gasteiger partial charge in [-0.1, -0.05) is 364 Å². The van der Waals surface area contributed by atoms with Gasteiger partial charge in [0.25, 0.3) is 5.84 Å². The van der Waals surface area contributed by atoms with Gasteiger partial charge in [0, 0.05) is 44.5 Å². The number of Topliss-reactive ketones (excluding diaryl/α,β-unsaturated/α-hetero) is 2. The summed E-state index contributed by atoms with van der Waals surface area (Å²) >= 11 is 0. The van der Waals surface area contributed by atoms with Crippen LogP contribution in [0.1, 0.15) is 131 Å². The molecule has 2 atom stereocenters. The van der Waals surface area contributed by atoms with Crippen LogP contribution in [0.25, 0.3) is 113 Å². The van der Waals surface area contributed by atoms with Crippen molar-refractivity contribution in [3.8, 4) is 89.5 Å². The first-order chi connectivity index (χ1) is 65.6. The molecule has 0 saturated heterocycles. The number of carbonyl (C=O) groups excluding carboxylic acids is 2. The molecule has 13 aromatic carbocycles. The molecule has 2 unspecified atom stereocenters. The van der Waals surface area contributed by atoms with Gasteiger partial charge in [0.15, 0.2) is 0 Å². The lowest BCUT2D eigenvalue weighted by atomic mass is 9.80. The van der Waals surface area contributed by atoms with Gasteiger partial charge in [-0.2, -0.15) is 0 Å². The highest BCUT2D eigenvalue weighted by atomic mass is 35.5. The van der Waals surface area contributed by atoms with Gasteiger partial charge in [0.05, 0.1) is 51.1 Å². The Bertz CT molecular complexity index is 7090. The lowest BCUT2D eigenvalue weighted by Crippen LogP contribution is -3.00. The Labute approximate surface area is 786 Å². The first kappa shape index (κ1) is 85.6. The van der Waals surface area contributed by atoms with Crippen molar-refractivity contribution in [2.24, 2.45) is 15.7 Å². The van der Waals surface area contributed by atoms with Crippen molar-refractivity contribution in [3.63, 3.8) is 0 Å². The number of rotatable bonds is 15. The molecule has 0 bridgehead atoms. The third-order valence-electron chi connectivity index (χ3n) is 25.8. The third kappa shape index (κ3) is 17.8. The Morgan fingerprint density at radius 2 is 0.545 bits per heavy atom. The van der Waals surface area contributed by atoms with E-state index in [2.05, 4.69) is 271 Å². The molecule has 12 nitrogen and oxygen atoms in total. The number of fused-ring (bicyclic) bond motifs is 6. The molecule has 6 heterocycles. The van der Waals surface area contributed by atoms with Crippen molar-refractivity contribution >= 4 is 52.6 Å². The zero-order chi connectivity index (χ0) is 89.5. The normalized spacial score (nSPS) is 15.6. The molecular weight excluding hydrogens is 1660 g/mol. The number of allylic oxidation sites excluding steroid dienone is 2. The van der Waals surface area contributed by atoms with Gasteiger partial charge in [-0.25, -0.2) is 19.9 Å². The molecule has 0 saturated carbocycles. The summed E-state index contributed by atoms with van der Waals surface area (Å²) in [5, 5.41) is 13.1. The predicted molar refractivity (Wildman–Crippen MR) is 539 cm³/mol. The van der Waals surface area contributed by atoms with Crippen LogP contribution in [0.3, 0.4) is 0 Å². The van der Waals surface area contributed by atoms with Crippen LogP contribution < -0.4 is 34.2 Å². The van der Waals surface area contributed by atoms with E-state index in [4.69, 9.17) is 41.1 Å². The Kier molecular flexibility index (Phi) is 24.7. The molecule has 17 aromatic rings. The van der Waals surface area contributed by atoms with Crippen LogP contribution in [-0.2, 0) is 25.7 Å². The molecule has 0 fully saturated rings. The van der Waals surface area contributed by atoms with Crippen molar-refractivity contribution in [1.29, 1.82) is 0 Å². The molecule has 23 rings (SSSR count). The maximum atomic E-state index is 14.2. The Hall–Kier alpha value is -16.5. The monoisotopic (exact) mass is 1750 g/mol. The number of nitrogens with one attached hydrogen (secondary N) is 2. The van der Waals surface area contributed by atoms with Crippen LogP contribution in [0.4, 0.5) is 0 Å². The van der Waals surface area contributed by atoms with E-state index in [1.165, 1.54) is 44.5 Å². The molecule has 2 aliphatic heterocycles. The van der Waals surface area contributed by atoms with E-state index in [-0.39, 0.29) is 36.1 Å². The zero-order valence-electron chi connectivity index (χ0n) is 73.7. The summed E-state index contributed by atoms with van der Waals surface area (Å²) in [4.78, 5) is 60.7. The van der Waals surface area contributed by atoms with Crippen LogP contribution in [0, 0.1) is 0 Å². The highest BCUT2D eigenvalue weighted by Crippen LogP contribution is 2.49. The highest BCUT2D eigenvalue weighted by molar-refractivity contribution is 6.15. The van der Waals surface area contributed by atoms with Gasteiger partial charge >= 0.3 is 0 Å². The lowest BCUT2D eigenvalue weighted by Gasteiger charge is -2.35. The number of hydrogen-bond donors (Lipinski definition) is 4. The number of nitrogens with two attached hydrogens (primary N) is 2. The minimum absolute atomic E-state index is 0. The summed E-state index contributed by atoms with van der Waals surface area (Å²) in [7, 11) is 0.